The van der Waals surface area contributed by atoms with Crippen LogP contribution in [0.4, 0.5) is 0 Å². The minimum absolute atomic E-state index is 0.216. The van der Waals surface area contributed by atoms with Gasteiger partial charge in [-0.2, -0.15) is 0 Å². The first-order valence-corrected chi connectivity index (χ1v) is 6.53. The molecule has 1 aromatic rings. The molecular formula is C15H23Cl. The molecule has 0 saturated heterocycles. The molecule has 0 radical (unpaired) electrons. The number of halogens is 1. The average molecular weight is 239 g/mol. The van der Waals surface area contributed by atoms with Gasteiger partial charge in [-0.25, -0.2) is 0 Å². The first-order chi connectivity index (χ1) is 7.39. The van der Waals surface area contributed by atoms with Crippen molar-refractivity contribution in [3.8, 4) is 0 Å². The number of benzene rings is 1. The maximum absolute atomic E-state index is 6.35. The van der Waals surface area contributed by atoms with Crippen molar-refractivity contribution < 1.29 is 0 Å². The summed E-state index contributed by atoms with van der Waals surface area (Å²) < 4.78 is 0. The normalized spacial score (nSPS) is 13.8. The highest BCUT2D eigenvalue weighted by molar-refractivity contribution is 6.21. The van der Waals surface area contributed by atoms with Crippen LogP contribution in [0.25, 0.3) is 0 Å². The summed E-state index contributed by atoms with van der Waals surface area (Å²) in [6, 6.07) is 8.74. The molecule has 0 N–H and O–H groups in total. The van der Waals surface area contributed by atoms with Crippen molar-refractivity contribution in [1.82, 2.24) is 0 Å². The van der Waals surface area contributed by atoms with Crippen molar-refractivity contribution in [3.63, 3.8) is 0 Å². The van der Waals surface area contributed by atoms with Gasteiger partial charge in [0.2, 0.25) is 0 Å². The molecule has 0 heterocycles. The van der Waals surface area contributed by atoms with Gasteiger partial charge < -0.3 is 0 Å². The van der Waals surface area contributed by atoms with Crippen LogP contribution in [0.3, 0.4) is 0 Å². The van der Waals surface area contributed by atoms with Gasteiger partial charge in [-0.3, -0.25) is 0 Å². The summed E-state index contributed by atoms with van der Waals surface area (Å²) >= 11 is 6.35. The highest BCUT2D eigenvalue weighted by Gasteiger charge is 2.21. The summed E-state index contributed by atoms with van der Waals surface area (Å²) in [6.45, 7) is 8.76. The van der Waals surface area contributed by atoms with E-state index in [-0.39, 0.29) is 10.8 Å². The molecule has 90 valence electrons. The molecule has 16 heavy (non-hydrogen) atoms. The Morgan fingerprint density at radius 1 is 1.25 bits per heavy atom. The zero-order chi connectivity index (χ0) is 12.2. The standard InChI is InChI=1S/C15H23Cl/c1-12-7-5-8-13(11-12)9-6-10-14(16)15(2,3)4/h5,7-8,11,14H,6,9-10H2,1-4H3. The third-order valence-electron chi connectivity index (χ3n) is 2.95. The van der Waals surface area contributed by atoms with Crippen LogP contribution < -0.4 is 0 Å². The van der Waals surface area contributed by atoms with Crippen molar-refractivity contribution in [2.75, 3.05) is 0 Å². The van der Waals surface area contributed by atoms with E-state index in [1.165, 1.54) is 17.5 Å². The Labute approximate surface area is 105 Å². The predicted octanol–water partition coefficient (Wildman–Crippen LogP) is 4.97. The molecular weight excluding hydrogens is 216 g/mol. The minimum Gasteiger partial charge on any atom is -0.122 e. The molecule has 1 rings (SSSR count). The van der Waals surface area contributed by atoms with Crippen LogP contribution >= 0.6 is 11.6 Å². The highest BCUT2D eigenvalue weighted by atomic mass is 35.5. The molecule has 0 aliphatic rings. The number of hydrogen-bond acceptors (Lipinski definition) is 0. The van der Waals surface area contributed by atoms with Crippen molar-refractivity contribution >= 4 is 11.6 Å². The molecule has 0 spiro atoms. The summed E-state index contributed by atoms with van der Waals surface area (Å²) in [5.41, 5.74) is 2.99. The van der Waals surface area contributed by atoms with Gasteiger partial charge in [0.25, 0.3) is 0 Å². The molecule has 0 nitrogen and oxygen atoms in total. The van der Waals surface area contributed by atoms with E-state index in [0.717, 1.165) is 12.8 Å². The van der Waals surface area contributed by atoms with Gasteiger partial charge in [-0.15, -0.1) is 11.6 Å². The molecule has 0 aliphatic heterocycles. The van der Waals surface area contributed by atoms with Gasteiger partial charge in [0, 0.05) is 5.38 Å². The molecule has 0 bridgehead atoms. The van der Waals surface area contributed by atoms with Crippen LogP contribution in [0.5, 0.6) is 0 Å². The van der Waals surface area contributed by atoms with Gasteiger partial charge in [-0.1, -0.05) is 50.6 Å². The maximum atomic E-state index is 6.35. The molecule has 0 amide bonds. The highest BCUT2D eigenvalue weighted by Crippen LogP contribution is 2.28. The second-order valence-electron chi connectivity index (χ2n) is 5.71. The Hall–Kier alpha value is -0.490. The van der Waals surface area contributed by atoms with Crippen molar-refractivity contribution in [2.24, 2.45) is 5.41 Å². The van der Waals surface area contributed by atoms with Gasteiger partial charge in [0.15, 0.2) is 0 Å². The van der Waals surface area contributed by atoms with Crippen molar-refractivity contribution in [2.45, 2.75) is 52.3 Å². The molecule has 0 aromatic heterocycles. The molecule has 1 unspecified atom stereocenters. The van der Waals surface area contributed by atoms with Crippen LogP contribution in [0.1, 0.15) is 44.7 Å². The molecule has 0 aliphatic carbocycles. The summed E-state index contributed by atoms with van der Waals surface area (Å²) in [5, 5.41) is 0.275. The van der Waals surface area contributed by atoms with Crippen LogP contribution in [0.15, 0.2) is 24.3 Å². The lowest BCUT2D eigenvalue weighted by Gasteiger charge is -2.24. The fourth-order valence-electron chi connectivity index (χ4n) is 1.79. The number of hydrogen-bond donors (Lipinski definition) is 0. The van der Waals surface area contributed by atoms with E-state index in [4.69, 9.17) is 11.6 Å². The van der Waals surface area contributed by atoms with E-state index in [2.05, 4.69) is 52.0 Å². The Balaban J connectivity index is 2.36. The third kappa shape index (κ3) is 4.57. The monoisotopic (exact) mass is 238 g/mol. The van der Waals surface area contributed by atoms with Crippen LogP contribution in [0.2, 0.25) is 0 Å². The van der Waals surface area contributed by atoms with Crippen molar-refractivity contribution in [3.05, 3.63) is 35.4 Å². The van der Waals surface area contributed by atoms with Gasteiger partial charge in [-0.05, 0) is 37.2 Å². The van der Waals surface area contributed by atoms with E-state index in [9.17, 15) is 0 Å². The Morgan fingerprint density at radius 2 is 1.94 bits per heavy atom. The van der Waals surface area contributed by atoms with Gasteiger partial charge in [0.1, 0.15) is 0 Å². The van der Waals surface area contributed by atoms with E-state index < -0.39 is 0 Å². The fourth-order valence-corrected chi connectivity index (χ4v) is 1.94. The second kappa shape index (κ2) is 5.72. The second-order valence-corrected chi connectivity index (χ2v) is 6.24. The summed E-state index contributed by atoms with van der Waals surface area (Å²) in [5.74, 6) is 0. The molecule has 0 fully saturated rings. The molecule has 1 atom stereocenters. The summed E-state index contributed by atoms with van der Waals surface area (Å²) in [6.07, 6.45) is 3.41. The fraction of sp³-hybridized carbons (Fsp3) is 0.600. The summed E-state index contributed by atoms with van der Waals surface area (Å²) in [4.78, 5) is 0. The Morgan fingerprint density at radius 3 is 2.50 bits per heavy atom. The first kappa shape index (κ1) is 13.6. The lowest BCUT2D eigenvalue weighted by Crippen LogP contribution is -2.20. The van der Waals surface area contributed by atoms with Gasteiger partial charge >= 0.3 is 0 Å². The lowest BCUT2D eigenvalue weighted by atomic mass is 9.88. The lowest BCUT2D eigenvalue weighted by molar-refractivity contribution is 0.369. The molecule has 0 saturated carbocycles. The average Bonchev–Trinajstić information content (AvgIpc) is 2.16. The van der Waals surface area contributed by atoms with E-state index in [0.29, 0.717) is 0 Å². The summed E-state index contributed by atoms with van der Waals surface area (Å²) in [7, 11) is 0. The number of aryl methyl sites for hydroxylation is 2. The molecule has 1 heteroatoms. The quantitative estimate of drug-likeness (QED) is 0.650. The molecule has 1 aromatic carbocycles. The minimum atomic E-state index is 0.216. The van der Waals surface area contributed by atoms with E-state index >= 15 is 0 Å². The zero-order valence-electron chi connectivity index (χ0n) is 10.9. The maximum Gasteiger partial charge on any atom is 0.0384 e. The van der Waals surface area contributed by atoms with Gasteiger partial charge in [0.05, 0.1) is 0 Å². The largest absolute Gasteiger partial charge is 0.122 e. The third-order valence-corrected chi connectivity index (χ3v) is 3.82. The Kier molecular flexibility index (Phi) is 4.86. The van der Waals surface area contributed by atoms with Crippen LogP contribution in [-0.4, -0.2) is 5.38 Å². The smallest absolute Gasteiger partial charge is 0.0384 e. The van der Waals surface area contributed by atoms with E-state index in [1.54, 1.807) is 0 Å². The van der Waals surface area contributed by atoms with E-state index in [1.807, 2.05) is 0 Å². The first-order valence-electron chi connectivity index (χ1n) is 6.09. The van der Waals surface area contributed by atoms with Crippen LogP contribution in [0, 0.1) is 12.3 Å². The number of alkyl halides is 1. The Bertz CT molecular complexity index is 322. The number of rotatable bonds is 4. The topological polar surface area (TPSA) is 0 Å². The van der Waals surface area contributed by atoms with Crippen LogP contribution in [-0.2, 0) is 6.42 Å². The SMILES string of the molecule is Cc1cccc(CCCC(Cl)C(C)(C)C)c1. The zero-order valence-corrected chi connectivity index (χ0v) is 11.6. The predicted molar refractivity (Wildman–Crippen MR) is 73.2 cm³/mol. The van der Waals surface area contributed by atoms with Crippen molar-refractivity contribution in [1.29, 1.82) is 0 Å².